The lowest BCUT2D eigenvalue weighted by atomic mass is 9.88. The predicted octanol–water partition coefficient (Wildman–Crippen LogP) is 4.84. The van der Waals surface area contributed by atoms with E-state index in [1.165, 1.54) is 30.2 Å². The van der Waals surface area contributed by atoms with Gasteiger partial charge in [-0.05, 0) is 43.3 Å². The number of halogens is 1. The summed E-state index contributed by atoms with van der Waals surface area (Å²) in [6, 6.07) is 11.5. The Morgan fingerprint density at radius 3 is 2.47 bits per heavy atom. The average Bonchev–Trinajstić information content (AvgIpc) is 3.30. The van der Waals surface area contributed by atoms with Crippen LogP contribution in [0.4, 0.5) is 10.1 Å². The molecule has 2 aromatic rings. The van der Waals surface area contributed by atoms with Gasteiger partial charge in [0.1, 0.15) is 5.82 Å². The fourth-order valence-corrected chi connectivity index (χ4v) is 5.90. The number of hydrogen-bond donors (Lipinski definition) is 1. The smallest absolute Gasteiger partial charge is 0.223 e. The third-order valence-corrected chi connectivity index (χ3v) is 7.50. The summed E-state index contributed by atoms with van der Waals surface area (Å²) < 4.78 is 14.2. The van der Waals surface area contributed by atoms with Crippen LogP contribution in [0.15, 0.2) is 41.8 Å². The summed E-state index contributed by atoms with van der Waals surface area (Å²) >= 11 is 1.75. The van der Waals surface area contributed by atoms with Crippen molar-refractivity contribution in [2.75, 3.05) is 31.1 Å². The summed E-state index contributed by atoms with van der Waals surface area (Å²) in [5.74, 6) is 0.228. The minimum atomic E-state index is -0.158. The zero-order valence-corrected chi connectivity index (χ0v) is 18.5. The van der Waals surface area contributed by atoms with Gasteiger partial charge in [-0.15, -0.1) is 11.3 Å². The van der Waals surface area contributed by atoms with Crippen molar-refractivity contribution in [3.8, 4) is 0 Å². The Hall–Kier alpha value is -1.92. The van der Waals surface area contributed by atoms with Crippen LogP contribution in [-0.4, -0.2) is 43.0 Å². The van der Waals surface area contributed by atoms with Gasteiger partial charge in [0.25, 0.3) is 0 Å². The fraction of sp³-hybridized carbons (Fsp3) is 0.542. The van der Waals surface area contributed by atoms with Crippen molar-refractivity contribution in [2.45, 2.75) is 51.1 Å². The first-order chi connectivity index (χ1) is 14.6. The molecule has 1 saturated heterocycles. The van der Waals surface area contributed by atoms with E-state index >= 15 is 0 Å². The van der Waals surface area contributed by atoms with Crippen LogP contribution in [0.3, 0.4) is 0 Å². The number of piperazine rings is 1. The molecule has 1 aromatic carbocycles. The van der Waals surface area contributed by atoms with Gasteiger partial charge in [0, 0.05) is 43.0 Å². The second-order valence-electron chi connectivity index (χ2n) is 8.57. The molecule has 1 aromatic heterocycles. The third kappa shape index (κ3) is 4.86. The number of amides is 1. The topological polar surface area (TPSA) is 35.6 Å². The highest BCUT2D eigenvalue weighted by Crippen LogP contribution is 2.31. The average molecular weight is 430 g/mol. The van der Waals surface area contributed by atoms with Gasteiger partial charge in [-0.2, -0.15) is 0 Å². The first kappa shape index (κ1) is 21.3. The quantitative estimate of drug-likeness (QED) is 0.714. The minimum Gasteiger partial charge on any atom is -0.367 e. The number of para-hydroxylation sites is 1. The Morgan fingerprint density at radius 1 is 1.07 bits per heavy atom. The van der Waals surface area contributed by atoms with E-state index in [0.29, 0.717) is 5.69 Å². The number of carbonyl (C=O) groups excluding carboxylic acids is 1. The first-order valence-corrected chi connectivity index (χ1v) is 12.1. The van der Waals surface area contributed by atoms with E-state index < -0.39 is 0 Å². The van der Waals surface area contributed by atoms with Gasteiger partial charge in [0.15, 0.2) is 0 Å². The molecular formula is C24H32FN3OS. The van der Waals surface area contributed by atoms with Crippen molar-refractivity contribution in [3.63, 3.8) is 0 Å². The molecule has 6 heteroatoms. The molecule has 0 radical (unpaired) electrons. The predicted molar refractivity (Wildman–Crippen MR) is 121 cm³/mol. The molecule has 2 heterocycles. The van der Waals surface area contributed by atoms with E-state index in [9.17, 15) is 9.18 Å². The highest BCUT2D eigenvalue weighted by Gasteiger charge is 2.32. The normalized spacial score (nSPS) is 20.7. The lowest BCUT2D eigenvalue weighted by Gasteiger charge is -2.42. The molecule has 30 heavy (non-hydrogen) atoms. The third-order valence-electron chi connectivity index (χ3n) is 6.55. The number of hydrogen-bond acceptors (Lipinski definition) is 4. The largest absolute Gasteiger partial charge is 0.367 e. The molecule has 4 nitrogen and oxygen atoms in total. The monoisotopic (exact) mass is 429 g/mol. The van der Waals surface area contributed by atoms with Crippen LogP contribution in [0.25, 0.3) is 0 Å². The lowest BCUT2D eigenvalue weighted by Crippen LogP contribution is -2.53. The van der Waals surface area contributed by atoms with Crippen molar-refractivity contribution in [1.29, 1.82) is 0 Å². The van der Waals surface area contributed by atoms with Crippen molar-refractivity contribution in [3.05, 3.63) is 52.5 Å². The standard InChI is InChI=1S/C24H32FN3OS/c1-18(26-24(29)19-8-3-2-4-9-19)23(22-12-7-17-30-22)28-15-13-27(14-16-28)21-11-6-5-10-20(21)25/h5-7,10-12,17-19,23H,2-4,8-9,13-16H2,1H3,(H,26,29)/t18-,23-/m1/s1. The first-order valence-electron chi connectivity index (χ1n) is 11.2. The lowest BCUT2D eigenvalue weighted by molar-refractivity contribution is -0.127. The highest BCUT2D eigenvalue weighted by molar-refractivity contribution is 7.10. The van der Waals surface area contributed by atoms with Crippen LogP contribution in [0.5, 0.6) is 0 Å². The maximum Gasteiger partial charge on any atom is 0.223 e. The summed E-state index contributed by atoms with van der Waals surface area (Å²) in [6.45, 7) is 5.40. The molecule has 1 amide bonds. The van der Waals surface area contributed by atoms with E-state index in [1.54, 1.807) is 17.4 Å². The molecule has 1 aliphatic carbocycles. The van der Waals surface area contributed by atoms with E-state index in [4.69, 9.17) is 0 Å². The fourth-order valence-electron chi connectivity index (χ4n) is 4.94. The van der Waals surface area contributed by atoms with E-state index in [-0.39, 0.29) is 29.7 Å². The van der Waals surface area contributed by atoms with Crippen molar-refractivity contribution < 1.29 is 9.18 Å². The van der Waals surface area contributed by atoms with Gasteiger partial charge in [-0.3, -0.25) is 9.69 Å². The number of thiophene rings is 1. The molecule has 2 atom stereocenters. The zero-order valence-electron chi connectivity index (χ0n) is 17.7. The van der Waals surface area contributed by atoms with Crippen LogP contribution in [0, 0.1) is 11.7 Å². The Bertz CT molecular complexity index is 814. The zero-order chi connectivity index (χ0) is 20.9. The molecule has 0 bridgehead atoms. The summed E-state index contributed by atoms with van der Waals surface area (Å²) in [5, 5.41) is 5.44. The molecule has 0 unspecified atom stereocenters. The molecule has 2 fully saturated rings. The molecule has 2 aliphatic rings. The van der Waals surface area contributed by atoms with Crippen LogP contribution in [-0.2, 0) is 4.79 Å². The van der Waals surface area contributed by atoms with Crippen LogP contribution in [0.1, 0.15) is 49.9 Å². The Labute approximate surface area is 183 Å². The molecule has 162 valence electrons. The summed E-state index contributed by atoms with van der Waals surface area (Å²) in [4.78, 5) is 18.7. The van der Waals surface area contributed by atoms with E-state index in [2.05, 4.69) is 39.6 Å². The number of rotatable bonds is 6. The maximum absolute atomic E-state index is 14.2. The summed E-state index contributed by atoms with van der Waals surface area (Å²) in [6.07, 6.45) is 5.62. The highest BCUT2D eigenvalue weighted by atomic mass is 32.1. The number of benzene rings is 1. The van der Waals surface area contributed by atoms with Gasteiger partial charge >= 0.3 is 0 Å². The van der Waals surface area contributed by atoms with Gasteiger partial charge in [-0.1, -0.05) is 37.5 Å². The number of nitrogens with zero attached hydrogens (tertiary/aromatic N) is 2. The van der Waals surface area contributed by atoms with Crippen molar-refractivity contribution in [2.24, 2.45) is 5.92 Å². The second kappa shape index (κ2) is 9.92. The van der Waals surface area contributed by atoms with Gasteiger partial charge in [-0.25, -0.2) is 4.39 Å². The SMILES string of the molecule is C[C@@H](NC(=O)C1CCCCC1)[C@H](c1cccs1)N1CCN(c2ccccc2F)CC1. The molecule has 1 aliphatic heterocycles. The molecule has 1 N–H and O–H groups in total. The second-order valence-corrected chi connectivity index (χ2v) is 9.55. The molecule has 1 saturated carbocycles. The number of anilines is 1. The van der Waals surface area contributed by atoms with Crippen LogP contribution < -0.4 is 10.2 Å². The van der Waals surface area contributed by atoms with Crippen molar-refractivity contribution in [1.82, 2.24) is 10.2 Å². The number of carbonyl (C=O) groups is 1. The van der Waals surface area contributed by atoms with Crippen LogP contribution in [0.2, 0.25) is 0 Å². The van der Waals surface area contributed by atoms with Crippen LogP contribution >= 0.6 is 11.3 Å². The van der Waals surface area contributed by atoms with E-state index in [0.717, 1.165) is 39.0 Å². The molecular weight excluding hydrogens is 397 g/mol. The number of nitrogens with one attached hydrogen (secondary N) is 1. The Balaban J connectivity index is 1.43. The van der Waals surface area contributed by atoms with Gasteiger partial charge in [0.2, 0.25) is 5.91 Å². The molecule has 4 rings (SSSR count). The molecule has 0 spiro atoms. The Kier molecular flexibility index (Phi) is 7.05. The van der Waals surface area contributed by atoms with Crippen molar-refractivity contribution >= 4 is 22.9 Å². The van der Waals surface area contributed by atoms with Gasteiger partial charge < -0.3 is 10.2 Å². The summed E-state index contributed by atoms with van der Waals surface area (Å²) in [5.41, 5.74) is 0.684. The Morgan fingerprint density at radius 2 is 1.80 bits per heavy atom. The maximum atomic E-state index is 14.2. The minimum absolute atomic E-state index is 0.0399. The van der Waals surface area contributed by atoms with Gasteiger partial charge in [0.05, 0.1) is 11.7 Å². The summed E-state index contributed by atoms with van der Waals surface area (Å²) in [7, 11) is 0. The van der Waals surface area contributed by atoms with E-state index in [1.807, 2.05) is 12.1 Å².